The summed E-state index contributed by atoms with van der Waals surface area (Å²) < 4.78 is 10.8. The van der Waals surface area contributed by atoms with Gasteiger partial charge in [-0.25, -0.2) is 4.98 Å². The molecule has 8 heteroatoms. The topological polar surface area (TPSA) is 115 Å². The lowest BCUT2D eigenvalue weighted by molar-refractivity contribution is -0.171. The van der Waals surface area contributed by atoms with Gasteiger partial charge in [-0.2, -0.15) is 0 Å². The van der Waals surface area contributed by atoms with E-state index in [4.69, 9.17) is 9.47 Å². The molecule has 1 rings (SSSR count). The minimum absolute atomic E-state index is 0.118. The number of hydrogen-bond acceptors (Lipinski definition) is 7. The Hall–Kier alpha value is -2.48. The number of esters is 2. The Kier molecular flexibility index (Phi) is 8.37. The molecule has 1 heterocycles. The van der Waals surface area contributed by atoms with E-state index >= 15 is 0 Å². The van der Waals surface area contributed by atoms with Gasteiger partial charge in [0.25, 0.3) is 0 Å². The number of ether oxygens (including phenoxy) is 2. The zero-order valence-electron chi connectivity index (χ0n) is 20.0. The van der Waals surface area contributed by atoms with E-state index in [2.05, 4.69) is 10.3 Å². The third kappa shape index (κ3) is 9.04. The van der Waals surface area contributed by atoms with E-state index in [1.807, 2.05) is 0 Å². The molecule has 0 saturated heterocycles. The summed E-state index contributed by atoms with van der Waals surface area (Å²) in [6, 6.07) is 3.12. The fourth-order valence-electron chi connectivity index (χ4n) is 2.54. The van der Waals surface area contributed by atoms with Crippen LogP contribution in [0.5, 0.6) is 0 Å². The maximum Gasteiger partial charge on any atom is 0.313 e. The molecule has 1 aromatic rings. The molecule has 2 unspecified atom stereocenters. The van der Waals surface area contributed by atoms with E-state index in [1.165, 1.54) is 6.20 Å². The minimum atomic E-state index is -1.45. The monoisotopic (exact) mass is 436 g/mol. The molecule has 2 N–H and O–H groups in total. The molecule has 0 aliphatic carbocycles. The van der Waals surface area contributed by atoms with Crippen molar-refractivity contribution in [1.82, 2.24) is 4.98 Å². The number of aliphatic hydroxyl groups excluding tert-OH is 1. The maximum atomic E-state index is 12.9. The number of amides is 1. The van der Waals surface area contributed by atoms with Crippen LogP contribution in [0.15, 0.2) is 18.3 Å². The number of aliphatic hydroxyl groups is 1. The van der Waals surface area contributed by atoms with E-state index < -0.39 is 47.0 Å². The van der Waals surface area contributed by atoms with Crippen LogP contribution in [0, 0.1) is 11.3 Å². The molecular weight excluding hydrogens is 400 g/mol. The molecule has 174 valence electrons. The first kappa shape index (κ1) is 26.6. The summed E-state index contributed by atoms with van der Waals surface area (Å²) in [7, 11) is 0. The van der Waals surface area contributed by atoms with Gasteiger partial charge in [-0.05, 0) is 47.6 Å². The molecule has 0 bridgehead atoms. The largest absolute Gasteiger partial charge is 0.460 e. The number of rotatable bonds is 6. The summed E-state index contributed by atoms with van der Waals surface area (Å²) in [5.41, 5.74) is -2.05. The first-order valence-corrected chi connectivity index (χ1v) is 10.3. The van der Waals surface area contributed by atoms with Gasteiger partial charge in [0.15, 0.2) is 0 Å². The van der Waals surface area contributed by atoms with Crippen molar-refractivity contribution in [2.45, 2.75) is 86.0 Å². The second-order valence-corrected chi connectivity index (χ2v) is 10.5. The van der Waals surface area contributed by atoms with Gasteiger partial charge in [0.1, 0.15) is 17.0 Å². The van der Waals surface area contributed by atoms with E-state index in [0.717, 1.165) is 0 Å². The van der Waals surface area contributed by atoms with Gasteiger partial charge >= 0.3 is 11.9 Å². The van der Waals surface area contributed by atoms with Crippen LogP contribution in [0.3, 0.4) is 0 Å². The lowest BCUT2D eigenvalue weighted by atomic mass is 9.92. The molecule has 0 radical (unpaired) electrons. The molecular formula is C23H36N2O6. The van der Waals surface area contributed by atoms with Crippen molar-refractivity contribution in [3.63, 3.8) is 0 Å². The van der Waals surface area contributed by atoms with Gasteiger partial charge in [-0.1, -0.05) is 26.8 Å². The zero-order valence-corrected chi connectivity index (χ0v) is 20.0. The van der Waals surface area contributed by atoms with Gasteiger partial charge in [-0.15, -0.1) is 0 Å². The fraction of sp³-hybridized carbons (Fsp3) is 0.652. The summed E-state index contributed by atoms with van der Waals surface area (Å²) in [6.45, 7) is 15.5. The number of hydrogen-bond donors (Lipinski definition) is 2. The Bertz CT molecular complexity index is 800. The highest BCUT2D eigenvalue weighted by atomic mass is 16.6. The Morgan fingerprint density at radius 2 is 1.55 bits per heavy atom. The Morgan fingerprint density at radius 3 is 2.03 bits per heavy atom. The molecule has 0 saturated carbocycles. The number of nitrogens with one attached hydrogen (secondary N) is 1. The molecule has 0 aromatic carbocycles. The number of aromatic nitrogens is 1. The molecule has 31 heavy (non-hydrogen) atoms. The molecule has 0 aliphatic heterocycles. The van der Waals surface area contributed by atoms with Crippen LogP contribution in [0.1, 0.15) is 80.4 Å². The number of carbonyl (C=O) groups is 3. The van der Waals surface area contributed by atoms with Crippen molar-refractivity contribution < 1.29 is 29.0 Å². The number of anilines is 1. The van der Waals surface area contributed by atoms with Crippen molar-refractivity contribution in [3.05, 3.63) is 23.9 Å². The molecule has 0 aliphatic rings. The van der Waals surface area contributed by atoms with Gasteiger partial charge in [-0.3, -0.25) is 14.4 Å². The maximum absolute atomic E-state index is 12.9. The SMILES string of the molecule is CC(C)(C)OC(=O)CC(C(=O)OC(C)(C)C)C(O)c1cccnc1NC(=O)C(C)(C)C. The summed E-state index contributed by atoms with van der Waals surface area (Å²) >= 11 is 0. The van der Waals surface area contributed by atoms with Crippen molar-refractivity contribution >= 4 is 23.7 Å². The first-order valence-electron chi connectivity index (χ1n) is 10.3. The van der Waals surface area contributed by atoms with E-state index in [1.54, 1.807) is 74.4 Å². The van der Waals surface area contributed by atoms with Crippen molar-refractivity contribution in [2.24, 2.45) is 11.3 Å². The van der Waals surface area contributed by atoms with Crippen LogP contribution in [-0.2, 0) is 23.9 Å². The Labute approximate surface area is 184 Å². The first-order chi connectivity index (χ1) is 13.9. The summed E-state index contributed by atoms with van der Waals surface area (Å²) in [5.74, 6) is -2.83. The van der Waals surface area contributed by atoms with E-state index in [-0.39, 0.29) is 17.3 Å². The van der Waals surface area contributed by atoms with Crippen molar-refractivity contribution in [1.29, 1.82) is 0 Å². The molecule has 0 spiro atoms. The van der Waals surface area contributed by atoms with Crippen molar-refractivity contribution in [3.8, 4) is 0 Å². The number of pyridine rings is 1. The van der Waals surface area contributed by atoms with Crippen molar-refractivity contribution in [2.75, 3.05) is 5.32 Å². The number of nitrogens with zero attached hydrogens (tertiary/aromatic N) is 1. The second-order valence-electron chi connectivity index (χ2n) is 10.5. The summed E-state index contributed by atoms with van der Waals surface area (Å²) in [5, 5.41) is 13.8. The lowest BCUT2D eigenvalue weighted by Crippen LogP contribution is -2.35. The lowest BCUT2D eigenvalue weighted by Gasteiger charge is -2.28. The van der Waals surface area contributed by atoms with Gasteiger partial charge in [0.2, 0.25) is 5.91 Å². The normalized spacial score (nSPS) is 14.4. The number of carbonyl (C=O) groups excluding carboxylic acids is 3. The quantitative estimate of drug-likeness (QED) is 0.652. The summed E-state index contributed by atoms with van der Waals surface area (Å²) in [4.78, 5) is 41.9. The minimum Gasteiger partial charge on any atom is -0.460 e. The average Bonchev–Trinajstić information content (AvgIpc) is 2.55. The van der Waals surface area contributed by atoms with Crippen LogP contribution in [0.2, 0.25) is 0 Å². The van der Waals surface area contributed by atoms with Crippen LogP contribution in [0.4, 0.5) is 5.82 Å². The van der Waals surface area contributed by atoms with Gasteiger partial charge in [0.05, 0.1) is 18.4 Å². The highest BCUT2D eigenvalue weighted by Crippen LogP contribution is 2.32. The standard InChI is InChI=1S/C23H36N2O6/c1-21(2,3)20(29)25-18-14(11-10-12-24-18)17(27)15(19(28)31-23(7,8)9)13-16(26)30-22(4,5)6/h10-12,15,17,27H,13H2,1-9H3,(H,24,25,29). The average molecular weight is 437 g/mol. The third-order valence-corrected chi connectivity index (χ3v) is 3.97. The molecule has 0 fully saturated rings. The van der Waals surface area contributed by atoms with Gasteiger partial charge in [0, 0.05) is 17.2 Å². The smallest absolute Gasteiger partial charge is 0.313 e. The highest BCUT2D eigenvalue weighted by Gasteiger charge is 2.37. The van der Waals surface area contributed by atoms with Crippen LogP contribution in [-0.4, -0.2) is 39.1 Å². The van der Waals surface area contributed by atoms with E-state index in [9.17, 15) is 19.5 Å². The van der Waals surface area contributed by atoms with Gasteiger partial charge < -0.3 is 19.9 Å². The van der Waals surface area contributed by atoms with E-state index in [0.29, 0.717) is 0 Å². The molecule has 8 nitrogen and oxygen atoms in total. The Balaban J connectivity index is 3.28. The molecule has 2 atom stereocenters. The van der Waals surface area contributed by atoms with Crippen LogP contribution >= 0.6 is 0 Å². The predicted molar refractivity (Wildman–Crippen MR) is 117 cm³/mol. The molecule has 1 aromatic heterocycles. The highest BCUT2D eigenvalue weighted by molar-refractivity contribution is 5.94. The zero-order chi connectivity index (χ0) is 24.2. The second kappa shape index (κ2) is 9.77. The Morgan fingerprint density at radius 1 is 1.00 bits per heavy atom. The predicted octanol–water partition coefficient (Wildman–Crippen LogP) is 3.79. The molecule has 1 amide bonds. The third-order valence-electron chi connectivity index (χ3n) is 3.97. The van der Waals surface area contributed by atoms with Crippen LogP contribution in [0.25, 0.3) is 0 Å². The van der Waals surface area contributed by atoms with Crippen LogP contribution < -0.4 is 5.32 Å². The summed E-state index contributed by atoms with van der Waals surface area (Å²) in [6.07, 6.45) is -0.383. The fourth-order valence-corrected chi connectivity index (χ4v) is 2.54.